The Morgan fingerprint density at radius 3 is 1.62 bits per heavy atom. The summed E-state index contributed by atoms with van der Waals surface area (Å²) in [6.45, 7) is 8.71. The van der Waals surface area contributed by atoms with Crippen LogP contribution in [0.15, 0.2) is 24.5 Å². The summed E-state index contributed by atoms with van der Waals surface area (Å²) in [6, 6.07) is 0. The number of ether oxygens (including phenoxy) is 3. The second kappa shape index (κ2) is 27.3. The molecule has 0 aliphatic carbocycles. The topological polar surface area (TPSA) is 61.8 Å². The normalized spacial score (nSPS) is 12.0. The standard InChI is InChI=1S/C32H58O5/c1-5-7-9-11-13-15-17-19-21-23-30(28-37-32(34)26-25-29(3)35-4)27-36-31(33)24-22-20-18-16-14-12-10-8-6-2/h25-26,30H,3,5-24,27-28H2,1-2,4H3/b26-25+. The summed E-state index contributed by atoms with van der Waals surface area (Å²) in [6.07, 6.45) is 26.6. The van der Waals surface area contributed by atoms with Gasteiger partial charge in [0.25, 0.3) is 0 Å². The molecule has 0 aromatic carbocycles. The van der Waals surface area contributed by atoms with Crippen LogP contribution >= 0.6 is 0 Å². The van der Waals surface area contributed by atoms with E-state index in [1.54, 1.807) is 0 Å². The van der Waals surface area contributed by atoms with Gasteiger partial charge in [0, 0.05) is 18.4 Å². The van der Waals surface area contributed by atoms with Gasteiger partial charge in [0.15, 0.2) is 0 Å². The van der Waals surface area contributed by atoms with Crippen LogP contribution < -0.4 is 0 Å². The van der Waals surface area contributed by atoms with Crippen molar-refractivity contribution in [2.75, 3.05) is 20.3 Å². The van der Waals surface area contributed by atoms with E-state index in [0.29, 0.717) is 18.8 Å². The van der Waals surface area contributed by atoms with Crippen molar-refractivity contribution in [1.29, 1.82) is 0 Å². The maximum absolute atomic E-state index is 12.3. The molecule has 0 rings (SSSR count). The van der Waals surface area contributed by atoms with Crippen LogP contribution in [-0.4, -0.2) is 32.3 Å². The summed E-state index contributed by atoms with van der Waals surface area (Å²) >= 11 is 0. The number of methoxy groups -OCH3 is 1. The first-order valence-corrected chi connectivity index (χ1v) is 15.3. The van der Waals surface area contributed by atoms with Crippen molar-refractivity contribution in [3.63, 3.8) is 0 Å². The molecular weight excluding hydrogens is 464 g/mol. The second-order valence-electron chi connectivity index (χ2n) is 10.4. The minimum atomic E-state index is -0.434. The average molecular weight is 523 g/mol. The zero-order valence-electron chi connectivity index (χ0n) is 24.5. The van der Waals surface area contributed by atoms with Crippen molar-refractivity contribution in [1.82, 2.24) is 0 Å². The summed E-state index contributed by atoms with van der Waals surface area (Å²) < 4.78 is 15.9. The molecule has 1 unspecified atom stereocenters. The van der Waals surface area contributed by atoms with Crippen LogP contribution in [0.25, 0.3) is 0 Å². The monoisotopic (exact) mass is 522 g/mol. The minimum absolute atomic E-state index is 0.0274. The van der Waals surface area contributed by atoms with Crippen LogP contribution in [0, 0.1) is 5.92 Å². The van der Waals surface area contributed by atoms with Crippen LogP contribution in [0.4, 0.5) is 0 Å². The van der Waals surface area contributed by atoms with Crippen LogP contribution in [0.3, 0.4) is 0 Å². The molecule has 216 valence electrons. The molecule has 0 saturated carbocycles. The molecule has 0 saturated heterocycles. The number of allylic oxidation sites excluding steroid dienone is 1. The van der Waals surface area contributed by atoms with Crippen LogP contribution in [0.5, 0.6) is 0 Å². The first kappa shape index (κ1) is 35.2. The molecule has 0 heterocycles. The molecular formula is C32H58O5. The van der Waals surface area contributed by atoms with Gasteiger partial charge < -0.3 is 14.2 Å². The fourth-order valence-corrected chi connectivity index (χ4v) is 4.30. The number of rotatable bonds is 27. The number of hydrogen-bond donors (Lipinski definition) is 0. The van der Waals surface area contributed by atoms with Gasteiger partial charge in [0.05, 0.1) is 20.3 Å². The Bertz CT molecular complexity index is 584. The van der Waals surface area contributed by atoms with Gasteiger partial charge in [0.2, 0.25) is 0 Å². The molecule has 5 heteroatoms. The second-order valence-corrected chi connectivity index (χ2v) is 10.4. The highest BCUT2D eigenvalue weighted by atomic mass is 16.5. The van der Waals surface area contributed by atoms with Crippen molar-refractivity contribution in [3.8, 4) is 0 Å². The Balaban J connectivity index is 4.22. The zero-order chi connectivity index (χ0) is 27.4. The van der Waals surface area contributed by atoms with Gasteiger partial charge in [-0.05, 0) is 18.9 Å². The van der Waals surface area contributed by atoms with Crippen molar-refractivity contribution in [2.45, 2.75) is 142 Å². The van der Waals surface area contributed by atoms with Crippen molar-refractivity contribution >= 4 is 11.9 Å². The summed E-state index contributed by atoms with van der Waals surface area (Å²) in [5.41, 5.74) is 0. The zero-order valence-corrected chi connectivity index (χ0v) is 24.5. The third-order valence-electron chi connectivity index (χ3n) is 6.81. The summed E-state index contributed by atoms with van der Waals surface area (Å²) in [5.74, 6) is -0.146. The predicted molar refractivity (Wildman–Crippen MR) is 154 cm³/mol. The highest BCUT2D eigenvalue weighted by Gasteiger charge is 2.14. The predicted octanol–water partition coefficient (Wildman–Crippen LogP) is 9.25. The Kier molecular flexibility index (Phi) is 25.9. The highest BCUT2D eigenvalue weighted by molar-refractivity contribution is 5.82. The smallest absolute Gasteiger partial charge is 0.330 e. The number of carbonyl (C=O) groups is 2. The van der Waals surface area contributed by atoms with Gasteiger partial charge in [-0.15, -0.1) is 0 Å². The minimum Gasteiger partial charge on any atom is -0.497 e. The van der Waals surface area contributed by atoms with Gasteiger partial charge in [-0.3, -0.25) is 4.79 Å². The summed E-state index contributed by atoms with van der Waals surface area (Å²) in [7, 11) is 1.50. The average Bonchev–Trinajstić information content (AvgIpc) is 2.90. The number of carbonyl (C=O) groups excluding carboxylic acids is 2. The third-order valence-corrected chi connectivity index (χ3v) is 6.81. The first-order chi connectivity index (χ1) is 18.0. The summed E-state index contributed by atoms with van der Waals surface area (Å²) in [4.78, 5) is 24.3. The molecule has 0 aliphatic heterocycles. The molecule has 0 radical (unpaired) electrons. The Morgan fingerprint density at radius 2 is 1.11 bits per heavy atom. The highest BCUT2D eigenvalue weighted by Crippen LogP contribution is 2.16. The van der Waals surface area contributed by atoms with Gasteiger partial charge in [-0.25, -0.2) is 4.79 Å². The maximum atomic E-state index is 12.3. The largest absolute Gasteiger partial charge is 0.497 e. The molecule has 1 atom stereocenters. The van der Waals surface area contributed by atoms with Gasteiger partial charge in [0.1, 0.15) is 5.76 Å². The molecule has 0 spiro atoms. The number of unbranched alkanes of at least 4 members (excludes halogenated alkanes) is 16. The van der Waals surface area contributed by atoms with Crippen LogP contribution in [0.1, 0.15) is 142 Å². The van der Waals surface area contributed by atoms with E-state index in [2.05, 4.69) is 20.4 Å². The lowest BCUT2D eigenvalue weighted by Gasteiger charge is -2.17. The van der Waals surface area contributed by atoms with E-state index >= 15 is 0 Å². The van der Waals surface area contributed by atoms with Gasteiger partial charge in [-0.1, -0.05) is 130 Å². The third kappa shape index (κ3) is 25.6. The Morgan fingerprint density at radius 1 is 0.649 bits per heavy atom. The van der Waals surface area contributed by atoms with E-state index in [4.69, 9.17) is 14.2 Å². The Labute approximate surface area is 228 Å². The molecule has 0 bridgehead atoms. The SMILES string of the molecule is C=C(/C=C/C(=O)OCC(CCCCCCCCCCC)COC(=O)CCCCCCCCCCC)OC. The van der Waals surface area contributed by atoms with E-state index in [1.165, 1.54) is 109 Å². The van der Waals surface area contributed by atoms with E-state index in [1.807, 2.05) is 0 Å². The molecule has 0 aromatic heterocycles. The molecule has 37 heavy (non-hydrogen) atoms. The Hall–Kier alpha value is -1.78. The molecule has 0 amide bonds. The van der Waals surface area contributed by atoms with E-state index in [9.17, 15) is 9.59 Å². The number of hydrogen-bond acceptors (Lipinski definition) is 5. The fraction of sp³-hybridized carbons (Fsp3) is 0.812. The van der Waals surface area contributed by atoms with E-state index < -0.39 is 5.97 Å². The molecule has 0 aliphatic rings. The number of esters is 2. The lowest BCUT2D eigenvalue weighted by molar-refractivity contribution is -0.147. The molecule has 0 fully saturated rings. The van der Waals surface area contributed by atoms with Gasteiger partial charge in [-0.2, -0.15) is 0 Å². The van der Waals surface area contributed by atoms with Gasteiger partial charge >= 0.3 is 11.9 Å². The lowest BCUT2D eigenvalue weighted by atomic mass is 10.0. The van der Waals surface area contributed by atoms with Crippen LogP contribution in [-0.2, 0) is 23.8 Å². The van der Waals surface area contributed by atoms with E-state index in [-0.39, 0.29) is 18.5 Å². The van der Waals surface area contributed by atoms with Crippen molar-refractivity contribution in [2.24, 2.45) is 5.92 Å². The molecule has 0 N–H and O–H groups in total. The van der Waals surface area contributed by atoms with Crippen LogP contribution in [0.2, 0.25) is 0 Å². The van der Waals surface area contributed by atoms with E-state index in [0.717, 1.165) is 32.1 Å². The van der Waals surface area contributed by atoms with Crippen molar-refractivity contribution in [3.05, 3.63) is 24.5 Å². The fourth-order valence-electron chi connectivity index (χ4n) is 4.30. The van der Waals surface area contributed by atoms with Crippen molar-refractivity contribution < 1.29 is 23.8 Å². The molecule has 0 aromatic rings. The molecule has 5 nitrogen and oxygen atoms in total. The summed E-state index contributed by atoms with van der Waals surface area (Å²) in [5, 5.41) is 0. The quantitative estimate of drug-likeness (QED) is 0.0354. The maximum Gasteiger partial charge on any atom is 0.330 e. The first-order valence-electron chi connectivity index (χ1n) is 15.3. The lowest BCUT2D eigenvalue weighted by Crippen LogP contribution is -2.20.